The molecule has 1 aliphatic rings. The van der Waals surface area contributed by atoms with E-state index in [1.165, 1.54) is 0 Å². The number of hydrogen-bond donors (Lipinski definition) is 1. The lowest BCUT2D eigenvalue weighted by Crippen LogP contribution is -2.40. The molecule has 0 atom stereocenters. The number of carbonyl (C=O) groups is 1. The van der Waals surface area contributed by atoms with Gasteiger partial charge in [-0.2, -0.15) is 0 Å². The van der Waals surface area contributed by atoms with Crippen LogP contribution in [0.5, 0.6) is 0 Å². The third-order valence-electron chi connectivity index (χ3n) is 3.74. The molecule has 1 fully saturated rings. The van der Waals surface area contributed by atoms with Crippen molar-refractivity contribution in [2.24, 2.45) is 5.92 Å². The largest absolute Gasteiger partial charge is 0.465 e. The van der Waals surface area contributed by atoms with Crippen LogP contribution in [-0.4, -0.2) is 63.9 Å². The molecule has 0 aliphatic carbocycles. The van der Waals surface area contributed by atoms with Crippen molar-refractivity contribution in [3.63, 3.8) is 0 Å². The van der Waals surface area contributed by atoms with Gasteiger partial charge < -0.3 is 14.8 Å². The molecule has 118 valence electrons. The highest BCUT2D eigenvalue weighted by atomic mass is 16.5. The van der Waals surface area contributed by atoms with Crippen molar-refractivity contribution in [2.45, 2.75) is 32.6 Å². The minimum absolute atomic E-state index is 0.0740. The number of unbranched alkanes of at least 4 members (excludes halogenated alkanes) is 1. The maximum absolute atomic E-state index is 11.6. The summed E-state index contributed by atoms with van der Waals surface area (Å²) in [5.74, 6) is 0.648. The second-order valence-electron chi connectivity index (χ2n) is 5.49. The second kappa shape index (κ2) is 11.1. The van der Waals surface area contributed by atoms with Crippen LogP contribution in [0, 0.1) is 5.92 Å². The fraction of sp³-hybridized carbons (Fsp3) is 0.933. The molecule has 0 aromatic carbocycles. The number of nitrogens with zero attached hydrogens (tertiary/aromatic N) is 1. The van der Waals surface area contributed by atoms with Crippen LogP contribution in [0.2, 0.25) is 0 Å². The summed E-state index contributed by atoms with van der Waals surface area (Å²) < 4.78 is 10.2. The number of carbonyl (C=O) groups excluding carboxylic acids is 1. The highest BCUT2D eigenvalue weighted by Gasteiger charge is 2.20. The molecule has 1 aliphatic heterocycles. The normalized spacial score (nSPS) is 17.3. The van der Waals surface area contributed by atoms with Crippen LogP contribution in [0.15, 0.2) is 0 Å². The smallest absolute Gasteiger partial charge is 0.320 e. The van der Waals surface area contributed by atoms with Crippen molar-refractivity contribution in [1.29, 1.82) is 0 Å². The second-order valence-corrected chi connectivity index (χ2v) is 5.49. The van der Waals surface area contributed by atoms with E-state index in [9.17, 15) is 4.79 Å². The fourth-order valence-electron chi connectivity index (χ4n) is 2.39. The lowest BCUT2D eigenvalue weighted by molar-refractivity contribution is -0.145. The van der Waals surface area contributed by atoms with Crippen LogP contribution >= 0.6 is 0 Å². The lowest BCUT2D eigenvalue weighted by Gasteiger charge is -2.31. The number of hydrogen-bond acceptors (Lipinski definition) is 5. The number of esters is 1. The molecule has 0 radical (unpaired) electrons. The highest BCUT2D eigenvalue weighted by molar-refractivity contribution is 5.71. The van der Waals surface area contributed by atoms with Crippen LogP contribution in [-0.2, 0) is 14.3 Å². The van der Waals surface area contributed by atoms with Gasteiger partial charge in [0.15, 0.2) is 0 Å². The van der Waals surface area contributed by atoms with Gasteiger partial charge in [-0.3, -0.25) is 9.69 Å². The van der Waals surface area contributed by atoms with Crippen LogP contribution in [0.25, 0.3) is 0 Å². The van der Waals surface area contributed by atoms with Gasteiger partial charge in [0.2, 0.25) is 0 Å². The number of ether oxygens (including phenoxy) is 2. The predicted molar refractivity (Wildman–Crippen MR) is 79.8 cm³/mol. The summed E-state index contributed by atoms with van der Waals surface area (Å²) in [5, 5.41) is 3.41. The van der Waals surface area contributed by atoms with Crippen molar-refractivity contribution < 1.29 is 14.3 Å². The molecular formula is C15H30N2O3. The van der Waals surface area contributed by atoms with E-state index in [0.29, 0.717) is 13.2 Å². The summed E-state index contributed by atoms with van der Waals surface area (Å²) in [5.41, 5.74) is 0. The van der Waals surface area contributed by atoms with Crippen molar-refractivity contribution in [2.75, 3.05) is 53.0 Å². The van der Waals surface area contributed by atoms with E-state index in [4.69, 9.17) is 9.47 Å². The van der Waals surface area contributed by atoms with E-state index in [0.717, 1.165) is 64.4 Å². The Morgan fingerprint density at radius 3 is 2.70 bits per heavy atom. The van der Waals surface area contributed by atoms with E-state index in [2.05, 4.69) is 17.1 Å². The number of methoxy groups -OCH3 is 1. The maximum atomic E-state index is 11.6. The molecule has 0 unspecified atom stereocenters. The van der Waals surface area contributed by atoms with E-state index >= 15 is 0 Å². The van der Waals surface area contributed by atoms with Crippen molar-refractivity contribution in [3.05, 3.63) is 0 Å². The van der Waals surface area contributed by atoms with E-state index in [1.807, 2.05) is 0 Å². The first-order valence-corrected chi connectivity index (χ1v) is 7.84. The van der Waals surface area contributed by atoms with Gasteiger partial charge in [-0.1, -0.05) is 13.3 Å². The molecule has 5 heteroatoms. The van der Waals surface area contributed by atoms with Crippen molar-refractivity contribution >= 4 is 5.97 Å². The first kappa shape index (κ1) is 17.4. The van der Waals surface area contributed by atoms with Gasteiger partial charge in [0.25, 0.3) is 0 Å². The highest BCUT2D eigenvalue weighted by Crippen LogP contribution is 2.16. The SMILES string of the molecule is CCCCOC(=O)CN1CCC(CNCCOC)CC1. The molecule has 0 amide bonds. The summed E-state index contributed by atoms with van der Waals surface area (Å²) in [7, 11) is 1.72. The molecule has 0 bridgehead atoms. The van der Waals surface area contributed by atoms with Gasteiger partial charge in [0.05, 0.1) is 19.8 Å². The van der Waals surface area contributed by atoms with Crippen LogP contribution < -0.4 is 5.32 Å². The quantitative estimate of drug-likeness (QED) is 0.484. The molecule has 1 rings (SSSR count). The Hall–Kier alpha value is -0.650. The molecule has 1 N–H and O–H groups in total. The van der Waals surface area contributed by atoms with Crippen LogP contribution in [0.1, 0.15) is 32.6 Å². The summed E-state index contributed by atoms with van der Waals surface area (Å²) in [6.07, 6.45) is 4.33. The zero-order chi connectivity index (χ0) is 14.6. The first-order valence-electron chi connectivity index (χ1n) is 7.84. The molecule has 0 aromatic heterocycles. The molecule has 1 heterocycles. The Kier molecular flexibility index (Phi) is 9.62. The monoisotopic (exact) mass is 286 g/mol. The minimum Gasteiger partial charge on any atom is -0.465 e. The molecule has 0 saturated carbocycles. The molecule has 1 saturated heterocycles. The summed E-state index contributed by atoms with van der Waals surface area (Å²) in [4.78, 5) is 13.8. The molecule has 20 heavy (non-hydrogen) atoms. The Morgan fingerprint density at radius 1 is 1.30 bits per heavy atom. The van der Waals surface area contributed by atoms with Crippen molar-refractivity contribution in [3.8, 4) is 0 Å². The Balaban J connectivity index is 2.05. The van der Waals surface area contributed by atoms with Crippen LogP contribution in [0.3, 0.4) is 0 Å². The Labute approximate surface area is 123 Å². The zero-order valence-electron chi connectivity index (χ0n) is 13.0. The molecule has 0 spiro atoms. The van der Waals surface area contributed by atoms with Crippen molar-refractivity contribution in [1.82, 2.24) is 10.2 Å². The van der Waals surface area contributed by atoms with Gasteiger partial charge in [0, 0.05) is 13.7 Å². The van der Waals surface area contributed by atoms with Gasteiger partial charge in [-0.25, -0.2) is 0 Å². The van der Waals surface area contributed by atoms with Gasteiger partial charge in [-0.05, 0) is 44.8 Å². The average Bonchev–Trinajstić information content (AvgIpc) is 2.46. The van der Waals surface area contributed by atoms with E-state index < -0.39 is 0 Å². The molecule has 5 nitrogen and oxygen atoms in total. The summed E-state index contributed by atoms with van der Waals surface area (Å²) >= 11 is 0. The fourth-order valence-corrected chi connectivity index (χ4v) is 2.39. The summed E-state index contributed by atoms with van der Waals surface area (Å²) in [6.45, 7) is 7.85. The standard InChI is InChI=1S/C15H30N2O3/c1-3-4-10-20-15(18)13-17-8-5-14(6-9-17)12-16-7-11-19-2/h14,16H,3-13H2,1-2H3. The number of nitrogens with one attached hydrogen (secondary N) is 1. The minimum atomic E-state index is -0.0740. The van der Waals surface area contributed by atoms with E-state index in [1.54, 1.807) is 7.11 Å². The average molecular weight is 286 g/mol. The number of likely N-dealkylation sites (tertiary alicyclic amines) is 1. The molecule has 0 aromatic rings. The van der Waals surface area contributed by atoms with Gasteiger partial charge in [0.1, 0.15) is 0 Å². The third-order valence-corrected chi connectivity index (χ3v) is 3.74. The summed E-state index contributed by atoms with van der Waals surface area (Å²) in [6, 6.07) is 0. The Morgan fingerprint density at radius 2 is 2.05 bits per heavy atom. The van der Waals surface area contributed by atoms with E-state index in [-0.39, 0.29) is 5.97 Å². The molecular weight excluding hydrogens is 256 g/mol. The number of rotatable bonds is 10. The van der Waals surface area contributed by atoms with Crippen LogP contribution in [0.4, 0.5) is 0 Å². The van der Waals surface area contributed by atoms with Gasteiger partial charge in [-0.15, -0.1) is 0 Å². The zero-order valence-corrected chi connectivity index (χ0v) is 13.0. The number of piperidine rings is 1. The topological polar surface area (TPSA) is 50.8 Å². The van der Waals surface area contributed by atoms with Gasteiger partial charge >= 0.3 is 5.97 Å². The lowest BCUT2D eigenvalue weighted by atomic mass is 9.97. The first-order chi connectivity index (χ1) is 9.76. The predicted octanol–water partition coefficient (Wildman–Crippen LogP) is 1.28. The Bertz CT molecular complexity index is 254. The maximum Gasteiger partial charge on any atom is 0.320 e. The third kappa shape index (κ3) is 7.82.